The Kier molecular flexibility index (Phi) is 6.03. The van der Waals surface area contributed by atoms with E-state index in [2.05, 4.69) is 34.5 Å². The first-order valence-corrected chi connectivity index (χ1v) is 6.90. The summed E-state index contributed by atoms with van der Waals surface area (Å²) in [4.78, 5) is 13.8. The monoisotopic (exact) mass is 262 g/mol. The van der Waals surface area contributed by atoms with Gasteiger partial charge in [0.1, 0.15) is 0 Å². The minimum absolute atomic E-state index is 0.0923. The highest BCUT2D eigenvalue weighted by Gasteiger charge is 2.14. The van der Waals surface area contributed by atoms with E-state index in [1.54, 1.807) is 0 Å². The summed E-state index contributed by atoms with van der Waals surface area (Å²) in [5.41, 5.74) is 1.21. The van der Waals surface area contributed by atoms with Crippen LogP contribution < -0.4 is 5.32 Å². The maximum atomic E-state index is 11.7. The first-order valence-electron chi connectivity index (χ1n) is 6.90. The summed E-state index contributed by atoms with van der Waals surface area (Å²) in [6, 6.07) is 10.5. The molecule has 0 radical (unpaired) electrons. The van der Waals surface area contributed by atoms with Crippen LogP contribution in [0.1, 0.15) is 32.8 Å². The Morgan fingerprint density at radius 2 is 1.84 bits per heavy atom. The first-order chi connectivity index (χ1) is 8.87. The third kappa shape index (κ3) is 7.62. The molecule has 3 heteroatoms. The molecule has 0 aliphatic rings. The van der Waals surface area contributed by atoms with Crippen LogP contribution in [0.2, 0.25) is 0 Å². The molecule has 0 aliphatic carbocycles. The quantitative estimate of drug-likeness (QED) is 0.854. The zero-order valence-corrected chi connectivity index (χ0v) is 12.6. The fourth-order valence-electron chi connectivity index (χ4n) is 1.98. The SMILES string of the molecule is CN(CCCc1ccccc1)CC(=O)NC(C)(C)C. The first kappa shape index (κ1) is 15.7. The van der Waals surface area contributed by atoms with Crippen molar-refractivity contribution < 1.29 is 4.79 Å². The standard InChI is InChI=1S/C16H26N2O/c1-16(2,3)17-15(19)13-18(4)12-8-11-14-9-6-5-7-10-14/h5-7,9-10H,8,11-13H2,1-4H3,(H,17,19). The van der Waals surface area contributed by atoms with E-state index in [0.717, 1.165) is 19.4 Å². The van der Waals surface area contributed by atoms with Crippen LogP contribution in [0.5, 0.6) is 0 Å². The summed E-state index contributed by atoms with van der Waals surface area (Å²) in [6.45, 7) is 7.40. The van der Waals surface area contributed by atoms with E-state index in [9.17, 15) is 4.79 Å². The number of carbonyl (C=O) groups is 1. The van der Waals surface area contributed by atoms with Crippen molar-refractivity contribution in [2.75, 3.05) is 20.1 Å². The molecule has 1 aromatic rings. The van der Waals surface area contributed by atoms with Crippen molar-refractivity contribution in [2.45, 2.75) is 39.2 Å². The van der Waals surface area contributed by atoms with Gasteiger partial charge in [-0.05, 0) is 52.8 Å². The van der Waals surface area contributed by atoms with Gasteiger partial charge in [0, 0.05) is 5.54 Å². The van der Waals surface area contributed by atoms with Crippen molar-refractivity contribution in [3.8, 4) is 0 Å². The van der Waals surface area contributed by atoms with Crippen molar-refractivity contribution in [3.05, 3.63) is 35.9 Å². The lowest BCUT2D eigenvalue weighted by atomic mass is 10.1. The largest absolute Gasteiger partial charge is 0.350 e. The van der Waals surface area contributed by atoms with Crippen molar-refractivity contribution in [2.24, 2.45) is 0 Å². The molecule has 0 saturated heterocycles. The average Bonchev–Trinajstić information content (AvgIpc) is 2.27. The highest BCUT2D eigenvalue weighted by atomic mass is 16.2. The Morgan fingerprint density at radius 3 is 2.42 bits per heavy atom. The van der Waals surface area contributed by atoms with Gasteiger partial charge >= 0.3 is 0 Å². The van der Waals surface area contributed by atoms with Crippen LogP contribution in [0.25, 0.3) is 0 Å². The summed E-state index contributed by atoms with van der Waals surface area (Å²) in [7, 11) is 1.99. The Balaban J connectivity index is 2.21. The van der Waals surface area contributed by atoms with Crippen LogP contribution in [-0.2, 0) is 11.2 Å². The molecule has 0 bridgehead atoms. The van der Waals surface area contributed by atoms with Gasteiger partial charge in [0.2, 0.25) is 5.91 Å². The molecular weight excluding hydrogens is 236 g/mol. The fourth-order valence-corrected chi connectivity index (χ4v) is 1.98. The van der Waals surface area contributed by atoms with Crippen LogP contribution in [0.4, 0.5) is 0 Å². The number of hydrogen-bond donors (Lipinski definition) is 1. The van der Waals surface area contributed by atoms with Gasteiger partial charge in [0.15, 0.2) is 0 Å². The van der Waals surface area contributed by atoms with E-state index in [1.807, 2.05) is 33.9 Å². The number of likely N-dealkylation sites (N-methyl/N-ethyl adjacent to an activating group) is 1. The van der Waals surface area contributed by atoms with Gasteiger partial charge in [-0.3, -0.25) is 9.69 Å². The van der Waals surface area contributed by atoms with Gasteiger partial charge in [0.05, 0.1) is 6.54 Å². The van der Waals surface area contributed by atoms with E-state index in [0.29, 0.717) is 6.54 Å². The Morgan fingerprint density at radius 1 is 1.21 bits per heavy atom. The van der Waals surface area contributed by atoms with Crippen LogP contribution in [0, 0.1) is 0 Å². The molecule has 0 heterocycles. The van der Waals surface area contributed by atoms with Crippen LogP contribution in [0.3, 0.4) is 0 Å². The number of benzene rings is 1. The topological polar surface area (TPSA) is 32.3 Å². The van der Waals surface area contributed by atoms with Gasteiger partial charge in [-0.15, -0.1) is 0 Å². The van der Waals surface area contributed by atoms with Crippen molar-refractivity contribution in [3.63, 3.8) is 0 Å². The fraction of sp³-hybridized carbons (Fsp3) is 0.562. The number of nitrogens with one attached hydrogen (secondary N) is 1. The highest BCUT2D eigenvalue weighted by Crippen LogP contribution is 2.03. The van der Waals surface area contributed by atoms with Crippen LogP contribution >= 0.6 is 0 Å². The average molecular weight is 262 g/mol. The Labute approximate surface area is 117 Å². The lowest BCUT2D eigenvalue weighted by molar-refractivity contribution is -0.123. The van der Waals surface area contributed by atoms with E-state index in [-0.39, 0.29) is 11.4 Å². The molecule has 19 heavy (non-hydrogen) atoms. The molecule has 0 aliphatic heterocycles. The molecule has 1 aromatic carbocycles. The number of aryl methyl sites for hydroxylation is 1. The lowest BCUT2D eigenvalue weighted by Crippen LogP contribution is -2.45. The van der Waals surface area contributed by atoms with Crippen LogP contribution in [0.15, 0.2) is 30.3 Å². The van der Waals surface area contributed by atoms with Gasteiger partial charge in [-0.2, -0.15) is 0 Å². The Hall–Kier alpha value is -1.35. The number of carbonyl (C=O) groups excluding carboxylic acids is 1. The zero-order valence-electron chi connectivity index (χ0n) is 12.6. The molecule has 106 valence electrons. The molecule has 1 N–H and O–H groups in total. The Bertz CT molecular complexity index is 381. The highest BCUT2D eigenvalue weighted by molar-refractivity contribution is 5.78. The van der Waals surface area contributed by atoms with E-state index < -0.39 is 0 Å². The summed E-state index contributed by atoms with van der Waals surface area (Å²) in [6.07, 6.45) is 2.13. The van der Waals surface area contributed by atoms with E-state index in [1.165, 1.54) is 5.56 Å². The molecule has 0 saturated carbocycles. The molecule has 0 atom stereocenters. The molecule has 1 amide bonds. The molecule has 0 fully saturated rings. The van der Waals surface area contributed by atoms with Crippen molar-refractivity contribution in [1.29, 1.82) is 0 Å². The minimum Gasteiger partial charge on any atom is -0.350 e. The molecular formula is C16H26N2O. The number of amides is 1. The minimum atomic E-state index is -0.151. The summed E-state index contributed by atoms with van der Waals surface area (Å²) < 4.78 is 0. The molecule has 1 rings (SSSR count). The third-order valence-electron chi connectivity index (χ3n) is 2.78. The van der Waals surface area contributed by atoms with E-state index >= 15 is 0 Å². The van der Waals surface area contributed by atoms with Gasteiger partial charge < -0.3 is 5.32 Å². The second kappa shape index (κ2) is 7.29. The van der Waals surface area contributed by atoms with Gasteiger partial charge in [-0.1, -0.05) is 30.3 Å². The van der Waals surface area contributed by atoms with Crippen molar-refractivity contribution in [1.82, 2.24) is 10.2 Å². The maximum Gasteiger partial charge on any atom is 0.234 e. The van der Waals surface area contributed by atoms with Gasteiger partial charge in [-0.25, -0.2) is 0 Å². The predicted octanol–water partition coefficient (Wildman–Crippen LogP) is 2.47. The summed E-state index contributed by atoms with van der Waals surface area (Å²) >= 11 is 0. The normalized spacial score (nSPS) is 11.6. The second-order valence-corrected chi connectivity index (χ2v) is 6.13. The zero-order chi connectivity index (χ0) is 14.3. The smallest absolute Gasteiger partial charge is 0.234 e. The van der Waals surface area contributed by atoms with Crippen molar-refractivity contribution >= 4 is 5.91 Å². The van der Waals surface area contributed by atoms with Crippen LogP contribution in [-0.4, -0.2) is 36.5 Å². The number of nitrogens with zero attached hydrogens (tertiary/aromatic N) is 1. The summed E-state index contributed by atoms with van der Waals surface area (Å²) in [5.74, 6) is 0.0923. The van der Waals surface area contributed by atoms with Gasteiger partial charge in [0.25, 0.3) is 0 Å². The second-order valence-electron chi connectivity index (χ2n) is 6.13. The van der Waals surface area contributed by atoms with E-state index in [4.69, 9.17) is 0 Å². The predicted molar refractivity (Wildman–Crippen MR) is 80.2 cm³/mol. The third-order valence-corrected chi connectivity index (χ3v) is 2.78. The molecule has 0 spiro atoms. The lowest BCUT2D eigenvalue weighted by Gasteiger charge is -2.23. The number of rotatable bonds is 6. The molecule has 0 unspecified atom stereocenters. The maximum absolute atomic E-state index is 11.7. The summed E-state index contributed by atoms with van der Waals surface area (Å²) in [5, 5.41) is 2.98. The molecule has 3 nitrogen and oxygen atoms in total. The number of hydrogen-bond acceptors (Lipinski definition) is 2. The molecule has 0 aromatic heterocycles.